The molecule has 1 fully saturated rings. The molecule has 1 N–H and O–H groups in total. The second-order valence-electron chi connectivity index (χ2n) is 6.41. The van der Waals surface area contributed by atoms with E-state index < -0.39 is 0 Å². The monoisotopic (exact) mass is 405 g/mol. The number of hydrogen-bond donors (Lipinski definition) is 1. The summed E-state index contributed by atoms with van der Waals surface area (Å²) in [5, 5.41) is 0. The Morgan fingerprint density at radius 2 is 1.76 bits per heavy atom. The summed E-state index contributed by atoms with van der Waals surface area (Å²) >= 11 is 3.67. The van der Waals surface area contributed by atoms with Crippen LogP contribution < -0.4 is 24.0 Å². The molecule has 0 atom stereocenters. The summed E-state index contributed by atoms with van der Waals surface area (Å²) in [4.78, 5) is 4.03. The lowest BCUT2D eigenvalue weighted by molar-refractivity contribution is -0.914. The first kappa shape index (κ1) is 16.5. The largest absolute Gasteiger partial charge is 0.497 e. The van der Waals surface area contributed by atoms with Crippen molar-refractivity contribution in [1.82, 2.24) is 0 Å². The van der Waals surface area contributed by atoms with Crippen LogP contribution in [0.4, 0.5) is 5.69 Å². The zero-order valence-electron chi connectivity index (χ0n) is 14.3. The summed E-state index contributed by atoms with van der Waals surface area (Å²) < 4.78 is 17.3. The van der Waals surface area contributed by atoms with Gasteiger partial charge in [0.1, 0.15) is 12.3 Å². The van der Waals surface area contributed by atoms with E-state index in [9.17, 15) is 0 Å². The smallest absolute Gasteiger partial charge is 0.231 e. The predicted octanol–water partition coefficient (Wildman–Crippen LogP) is 2.09. The van der Waals surface area contributed by atoms with Gasteiger partial charge in [-0.3, -0.25) is 0 Å². The molecule has 25 heavy (non-hydrogen) atoms. The molecule has 1 saturated heterocycles. The summed E-state index contributed by atoms with van der Waals surface area (Å²) in [6.45, 7) is 5.67. The number of nitrogens with zero attached hydrogens (tertiary/aromatic N) is 1. The third-order valence-electron chi connectivity index (χ3n) is 4.89. The van der Waals surface area contributed by atoms with E-state index in [0.29, 0.717) is 6.79 Å². The SMILES string of the molecule is COc1ccc(N2CC[NH+](Cc3cc4c(cc3Br)OCO4)CC2)cc1. The number of ether oxygens (including phenoxy) is 3. The minimum absolute atomic E-state index is 0.318. The second kappa shape index (κ2) is 7.14. The molecule has 0 aromatic heterocycles. The van der Waals surface area contributed by atoms with Crippen molar-refractivity contribution in [3.8, 4) is 17.2 Å². The molecule has 132 valence electrons. The molecule has 5 nitrogen and oxygen atoms in total. The lowest BCUT2D eigenvalue weighted by Crippen LogP contribution is -3.13. The van der Waals surface area contributed by atoms with Crippen molar-refractivity contribution in [3.63, 3.8) is 0 Å². The topological polar surface area (TPSA) is 35.4 Å². The van der Waals surface area contributed by atoms with E-state index in [4.69, 9.17) is 14.2 Å². The zero-order chi connectivity index (χ0) is 17.2. The van der Waals surface area contributed by atoms with E-state index in [1.54, 1.807) is 12.0 Å². The van der Waals surface area contributed by atoms with Crippen molar-refractivity contribution in [2.24, 2.45) is 0 Å². The van der Waals surface area contributed by atoms with Crippen LogP contribution in [-0.4, -0.2) is 40.1 Å². The molecule has 6 heteroatoms. The van der Waals surface area contributed by atoms with E-state index in [-0.39, 0.29) is 0 Å². The first-order valence-electron chi connectivity index (χ1n) is 8.53. The van der Waals surface area contributed by atoms with Crippen LogP contribution >= 0.6 is 15.9 Å². The van der Waals surface area contributed by atoms with Crippen LogP contribution in [0.1, 0.15) is 5.56 Å². The molecule has 0 unspecified atom stereocenters. The summed E-state index contributed by atoms with van der Waals surface area (Å²) in [7, 11) is 1.70. The van der Waals surface area contributed by atoms with E-state index in [0.717, 1.165) is 54.4 Å². The molecule has 0 saturated carbocycles. The van der Waals surface area contributed by atoms with Gasteiger partial charge in [-0.05, 0) is 36.4 Å². The van der Waals surface area contributed by atoms with Crippen molar-refractivity contribution < 1.29 is 19.1 Å². The average molecular weight is 406 g/mol. The van der Waals surface area contributed by atoms with Gasteiger partial charge in [0.25, 0.3) is 0 Å². The first-order valence-corrected chi connectivity index (χ1v) is 9.33. The van der Waals surface area contributed by atoms with Crippen LogP contribution in [-0.2, 0) is 6.54 Å². The van der Waals surface area contributed by atoms with Gasteiger partial charge in [0.15, 0.2) is 11.5 Å². The Hall–Kier alpha value is -1.92. The number of methoxy groups -OCH3 is 1. The molecule has 4 rings (SSSR count). The first-order chi connectivity index (χ1) is 12.2. The van der Waals surface area contributed by atoms with Crippen molar-refractivity contribution in [2.75, 3.05) is 45.0 Å². The predicted molar refractivity (Wildman–Crippen MR) is 99.9 cm³/mol. The number of piperazine rings is 1. The van der Waals surface area contributed by atoms with Crippen molar-refractivity contribution in [2.45, 2.75) is 6.54 Å². The number of quaternary nitrogens is 1. The lowest BCUT2D eigenvalue weighted by Gasteiger charge is -2.34. The third-order valence-corrected chi connectivity index (χ3v) is 5.63. The van der Waals surface area contributed by atoms with Gasteiger partial charge in [-0.2, -0.15) is 0 Å². The summed E-state index contributed by atoms with van der Waals surface area (Å²) in [6, 6.07) is 12.5. The maximum Gasteiger partial charge on any atom is 0.231 e. The van der Waals surface area contributed by atoms with Crippen LogP contribution in [0.5, 0.6) is 17.2 Å². The zero-order valence-corrected chi connectivity index (χ0v) is 15.8. The molecule has 2 heterocycles. The molecule has 2 aromatic carbocycles. The van der Waals surface area contributed by atoms with E-state index in [1.807, 2.05) is 18.2 Å². The number of benzene rings is 2. The Balaban J connectivity index is 1.37. The van der Waals surface area contributed by atoms with Gasteiger partial charge in [0.2, 0.25) is 6.79 Å². The molecule has 2 aliphatic rings. The highest BCUT2D eigenvalue weighted by molar-refractivity contribution is 9.10. The Morgan fingerprint density at radius 1 is 1.08 bits per heavy atom. The molecular weight excluding hydrogens is 384 g/mol. The van der Waals surface area contributed by atoms with E-state index in [1.165, 1.54) is 11.3 Å². The Labute approximate surface area is 156 Å². The van der Waals surface area contributed by atoms with Gasteiger partial charge in [-0.15, -0.1) is 0 Å². The highest BCUT2D eigenvalue weighted by Crippen LogP contribution is 2.36. The normalized spacial score (nSPS) is 17.0. The Bertz CT molecular complexity index is 743. The Kier molecular flexibility index (Phi) is 4.72. The number of halogens is 1. The lowest BCUT2D eigenvalue weighted by atomic mass is 10.1. The molecule has 0 amide bonds. The number of fused-ring (bicyclic) bond motifs is 1. The summed E-state index contributed by atoms with van der Waals surface area (Å²) in [5.74, 6) is 2.59. The molecule has 0 bridgehead atoms. The molecule has 2 aliphatic heterocycles. The minimum Gasteiger partial charge on any atom is -0.497 e. The molecule has 2 aromatic rings. The number of hydrogen-bond acceptors (Lipinski definition) is 4. The highest BCUT2D eigenvalue weighted by Gasteiger charge is 2.23. The molecule has 0 spiro atoms. The second-order valence-corrected chi connectivity index (χ2v) is 7.26. The van der Waals surface area contributed by atoms with Crippen LogP contribution in [0.2, 0.25) is 0 Å². The summed E-state index contributed by atoms with van der Waals surface area (Å²) in [5.41, 5.74) is 2.54. The van der Waals surface area contributed by atoms with Gasteiger partial charge in [-0.1, -0.05) is 15.9 Å². The fourth-order valence-corrected chi connectivity index (χ4v) is 3.88. The molecular formula is C19H22BrN2O3+. The van der Waals surface area contributed by atoms with Crippen molar-refractivity contribution in [1.29, 1.82) is 0 Å². The van der Waals surface area contributed by atoms with E-state index >= 15 is 0 Å². The van der Waals surface area contributed by atoms with Gasteiger partial charge >= 0.3 is 0 Å². The van der Waals surface area contributed by atoms with E-state index in [2.05, 4.69) is 39.0 Å². The standard InChI is InChI=1S/C19H21BrN2O3/c1-23-16-4-2-15(3-5-16)22-8-6-21(7-9-22)12-14-10-18-19(11-17(14)20)25-13-24-18/h2-5,10-11H,6-9,12-13H2,1H3/p+1. The maximum absolute atomic E-state index is 5.51. The quantitative estimate of drug-likeness (QED) is 0.844. The van der Waals surface area contributed by atoms with Crippen LogP contribution in [0, 0.1) is 0 Å². The van der Waals surface area contributed by atoms with Crippen molar-refractivity contribution >= 4 is 21.6 Å². The molecule has 0 radical (unpaired) electrons. The third kappa shape index (κ3) is 3.55. The fraction of sp³-hybridized carbons (Fsp3) is 0.368. The Morgan fingerprint density at radius 3 is 2.44 bits per heavy atom. The van der Waals surface area contributed by atoms with Crippen molar-refractivity contribution in [3.05, 3.63) is 46.4 Å². The number of anilines is 1. The van der Waals surface area contributed by atoms with Gasteiger partial charge in [0.05, 0.1) is 33.3 Å². The van der Waals surface area contributed by atoms with Gasteiger partial charge in [-0.25, -0.2) is 0 Å². The average Bonchev–Trinajstić information content (AvgIpc) is 3.10. The summed E-state index contributed by atoms with van der Waals surface area (Å²) in [6.07, 6.45) is 0. The van der Waals surface area contributed by atoms with Gasteiger partial charge in [0, 0.05) is 15.7 Å². The highest BCUT2D eigenvalue weighted by atomic mass is 79.9. The number of nitrogens with one attached hydrogen (secondary N) is 1. The van der Waals surface area contributed by atoms with Crippen LogP contribution in [0.15, 0.2) is 40.9 Å². The fourth-order valence-electron chi connectivity index (χ4n) is 3.42. The molecule has 0 aliphatic carbocycles. The number of rotatable bonds is 4. The minimum atomic E-state index is 0.318. The van der Waals surface area contributed by atoms with Gasteiger partial charge < -0.3 is 24.0 Å². The van der Waals surface area contributed by atoms with Crippen LogP contribution in [0.25, 0.3) is 0 Å². The maximum atomic E-state index is 5.51. The van der Waals surface area contributed by atoms with Crippen LogP contribution in [0.3, 0.4) is 0 Å².